The van der Waals surface area contributed by atoms with Gasteiger partial charge in [-0.15, -0.1) is 11.3 Å². The van der Waals surface area contributed by atoms with Crippen LogP contribution in [0.4, 0.5) is 0 Å². The molecule has 0 spiro atoms. The van der Waals surface area contributed by atoms with Crippen LogP contribution in [0.3, 0.4) is 0 Å². The van der Waals surface area contributed by atoms with Gasteiger partial charge < -0.3 is 5.32 Å². The first kappa shape index (κ1) is 12.7. The van der Waals surface area contributed by atoms with Gasteiger partial charge in [0.1, 0.15) is 5.01 Å². The summed E-state index contributed by atoms with van der Waals surface area (Å²) in [5.74, 6) is 0.526. The van der Waals surface area contributed by atoms with Crippen LogP contribution in [0, 0.1) is 0 Å². The Morgan fingerprint density at radius 2 is 2.13 bits per heavy atom. The van der Waals surface area contributed by atoms with E-state index in [1.807, 2.05) is 0 Å². The van der Waals surface area contributed by atoms with Gasteiger partial charge in [-0.2, -0.15) is 0 Å². The molecule has 15 heavy (non-hydrogen) atoms. The van der Waals surface area contributed by atoms with E-state index in [0.29, 0.717) is 5.92 Å². The molecule has 1 rings (SSSR count). The molecule has 2 nitrogen and oxygen atoms in total. The zero-order chi connectivity index (χ0) is 11.5. The predicted octanol–water partition coefficient (Wildman–Crippen LogP) is 3.50. The van der Waals surface area contributed by atoms with Gasteiger partial charge in [-0.3, -0.25) is 0 Å². The van der Waals surface area contributed by atoms with Crippen LogP contribution in [-0.4, -0.2) is 11.5 Å². The molecule has 0 saturated carbocycles. The van der Waals surface area contributed by atoms with Crippen LogP contribution in [0.5, 0.6) is 0 Å². The topological polar surface area (TPSA) is 24.9 Å². The molecular formula is C12H22N2S. The lowest BCUT2D eigenvalue weighted by Crippen LogP contribution is -2.38. The van der Waals surface area contributed by atoms with Crippen LogP contribution in [0.2, 0.25) is 0 Å². The van der Waals surface area contributed by atoms with Gasteiger partial charge in [0.05, 0.1) is 11.2 Å². The summed E-state index contributed by atoms with van der Waals surface area (Å²) in [5, 5.41) is 6.93. The molecule has 0 aliphatic heterocycles. The van der Waals surface area contributed by atoms with Gasteiger partial charge in [-0.25, -0.2) is 4.98 Å². The number of thiazole rings is 1. The summed E-state index contributed by atoms with van der Waals surface area (Å²) in [5.41, 5.74) is 1.26. The lowest BCUT2D eigenvalue weighted by molar-refractivity contribution is 0.360. The second-order valence-corrected chi connectivity index (χ2v) is 5.31. The van der Waals surface area contributed by atoms with E-state index < -0.39 is 0 Å². The fourth-order valence-corrected chi connectivity index (χ4v) is 2.74. The normalized spacial score (nSPS) is 15.6. The van der Waals surface area contributed by atoms with E-state index in [-0.39, 0.29) is 5.54 Å². The molecule has 0 saturated heterocycles. The van der Waals surface area contributed by atoms with Crippen LogP contribution in [0.15, 0.2) is 5.38 Å². The zero-order valence-corrected chi connectivity index (χ0v) is 11.2. The number of rotatable bonds is 5. The maximum absolute atomic E-state index is 4.73. The lowest BCUT2D eigenvalue weighted by atomic mass is 10.00. The summed E-state index contributed by atoms with van der Waals surface area (Å²) in [6.07, 6.45) is 1.08. The summed E-state index contributed by atoms with van der Waals surface area (Å²) >= 11 is 1.78. The van der Waals surface area contributed by atoms with Gasteiger partial charge in [0.2, 0.25) is 0 Å². The van der Waals surface area contributed by atoms with Gasteiger partial charge in [-0.1, -0.05) is 27.7 Å². The number of nitrogens with zero attached hydrogens (tertiary/aromatic N) is 1. The first-order valence-electron chi connectivity index (χ1n) is 5.74. The SMILES string of the molecule is CCNC(C)(CC)c1nc(C(C)C)cs1. The van der Waals surface area contributed by atoms with E-state index in [1.165, 1.54) is 10.7 Å². The van der Waals surface area contributed by atoms with Crippen LogP contribution in [-0.2, 0) is 5.54 Å². The smallest absolute Gasteiger partial charge is 0.113 e. The summed E-state index contributed by atoms with van der Waals surface area (Å²) < 4.78 is 0. The van der Waals surface area contributed by atoms with E-state index in [4.69, 9.17) is 4.98 Å². The third kappa shape index (κ3) is 2.79. The Morgan fingerprint density at radius 3 is 2.53 bits per heavy atom. The average molecular weight is 226 g/mol. The largest absolute Gasteiger partial charge is 0.306 e. The van der Waals surface area contributed by atoms with E-state index in [0.717, 1.165) is 13.0 Å². The minimum absolute atomic E-state index is 0.0482. The molecule has 0 aliphatic carbocycles. The first-order chi connectivity index (χ1) is 7.03. The highest BCUT2D eigenvalue weighted by Gasteiger charge is 2.26. The number of nitrogens with one attached hydrogen (secondary N) is 1. The van der Waals surface area contributed by atoms with Crippen LogP contribution < -0.4 is 5.32 Å². The van der Waals surface area contributed by atoms with Crippen LogP contribution in [0.1, 0.15) is 57.7 Å². The predicted molar refractivity (Wildman–Crippen MR) is 67.5 cm³/mol. The Kier molecular flexibility index (Phi) is 4.29. The summed E-state index contributed by atoms with van der Waals surface area (Å²) in [6.45, 7) is 12.0. The molecule has 0 fully saturated rings. The van der Waals surface area contributed by atoms with Gasteiger partial charge in [0.15, 0.2) is 0 Å². The van der Waals surface area contributed by atoms with Crippen molar-refractivity contribution in [2.45, 2.75) is 52.5 Å². The molecule has 1 aromatic rings. The van der Waals surface area contributed by atoms with Crippen molar-refractivity contribution < 1.29 is 0 Å². The van der Waals surface area contributed by atoms with Gasteiger partial charge in [-0.05, 0) is 25.8 Å². The van der Waals surface area contributed by atoms with Crippen molar-refractivity contribution in [3.8, 4) is 0 Å². The van der Waals surface area contributed by atoms with Crippen molar-refractivity contribution in [1.29, 1.82) is 0 Å². The number of hydrogen-bond donors (Lipinski definition) is 1. The Morgan fingerprint density at radius 1 is 1.47 bits per heavy atom. The van der Waals surface area contributed by atoms with Crippen molar-refractivity contribution in [3.63, 3.8) is 0 Å². The molecule has 1 N–H and O–H groups in total. The standard InChI is InChI=1S/C12H22N2S/c1-6-12(5,13-7-2)11-14-10(8-15-11)9(3)4/h8-9,13H,6-7H2,1-5H3. The Labute approximate surface area is 97.1 Å². The third-order valence-electron chi connectivity index (χ3n) is 2.86. The second kappa shape index (κ2) is 5.08. The third-order valence-corrected chi connectivity index (χ3v) is 3.98. The van der Waals surface area contributed by atoms with E-state index >= 15 is 0 Å². The van der Waals surface area contributed by atoms with Crippen molar-refractivity contribution in [2.75, 3.05) is 6.54 Å². The van der Waals surface area contributed by atoms with E-state index in [2.05, 4.69) is 45.3 Å². The zero-order valence-electron chi connectivity index (χ0n) is 10.4. The van der Waals surface area contributed by atoms with Crippen LogP contribution >= 0.6 is 11.3 Å². The average Bonchev–Trinajstić information content (AvgIpc) is 2.67. The van der Waals surface area contributed by atoms with Crippen molar-refractivity contribution in [1.82, 2.24) is 10.3 Å². The van der Waals surface area contributed by atoms with E-state index in [9.17, 15) is 0 Å². The van der Waals surface area contributed by atoms with Crippen molar-refractivity contribution in [2.24, 2.45) is 0 Å². The molecule has 0 bridgehead atoms. The number of hydrogen-bond acceptors (Lipinski definition) is 3. The van der Waals surface area contributed by atoms with Crippen molar-refractivity contribution >= 4 is 11.3 Å². The van der Waals surface area contributed by atoms with Gasteiger partial charge in [0, 0.05) is 5.38 Å². The molecule has 1 unspecified atom stereocenters. The molecule has 0 aromatic carbocycles. The quantitative estimate of drug-likeness (QED) is 0.831. The van der Waals surface area contributed by atoms with Gasteiger partial charge in [0.25, 0.3) is 0 Å². The Balaban J connectivity index is 2.92. The number of aromatic nitrogens is 1. The first-order valence-corrected chi connectivity index (χ1v) is 6.62. The molecule has 3 heteroatoms. The summed E-state index contributed by atoms with van der Waals surface area (Å²) in [4.78, 5) is 4.73. The molecule has 1 aromatic heterocycles. The fourth-order valence-electron chi connectivity index (χ4n) is 1.55. The Hall–Kier alpha value is -0.410. The molecule has 1 atom stereocenters. The molecule has 0 aliphatic rings. The molecule has 0 amide bonds. The molecule has 0 radical (unpaired) electrons. The van der Waals surface area contributed by atoms with E-state index in [1.54, 1.807) is 11.3 Å². The Bertz CT molecular complexity index is 306. The highest BCUT2D eigenvalue weighted by Crippen LogP contribution is 2.29. The summed E-state index contributed by atoms with van der Waals surface area (Å²) in [7, 11) is 0. The molecule has 86 valence electrons. The lowest BCUT2D eigenvalue weighted by Gasteiger charge is -2.26. The minimum Gasteiger partial charge on any atom is -0.306 e. The van der Waals surface area contributed by atoms with Crippen molar-refractivity contribution in [3.05, 3.63) is 16.1 Å². The fraction of sp³-hybridized carbons (Fsp3) is 0.750. The summed E-state index contributed by atoms with van der Waals surface area (Å²) in [6, 6.07) is 0. The maximum atomic E-state index is 4.73. The molecular weight excluding hydrogens is 204 g/mol. The maximum Gasteiger partial charge on any atom is 0.113 e. The minimum atomic E-state index is 0.0482. The van der Waals surface area contributed by atoms with Crippen LogP contribution in [0.25, 0.3) is 0 Å². The van der Waals surface area contributed by atoms with Gasteiger partial charge >= 0.3 is 0 Å². The monoisotopic (exact) mass is 226 g/mol. The highest BCUT2D eigenvalue weighted by molar-refractivity contribution is 7.09. The highest BCUT2D eigenvalue weighted by atomic mass is 32.1. The second-order valence-electron chi connectivity index (χ2n) is 4.45. The molecule has 1 heterocycles.